The first-order valence-electron chi connectivity index (χ1n) is 8.47. The maximum atomic E-state index is 12.9. The van der Waals surface area contributed by atoms with Crippen LogP contribution >= 0.6 is 11.8 Å². The minimum Gasteiger partial charge on any atom is -0.354 e. The Morgan fingerprint density at radius 3 is 1.92 bits per heavy atom. The van der Waals surface area contributed by atoms with Crippen LogP contribution in [0.4, 0.5) is 4.39 Å². The molecule has 4 heteroatoms. The van der Waals surface area contributed by atoms with Crippen molar-refractivity contribution in [3.8, 4) is 0 Å². The fourth-order valence-corrected chi connectivity index (χ4v) is 3.47. The zero-order chi connectivity index (χ0) is 18.2. The van der Waals surface area contributed by atoms with Crippen LogP contribution in [0.2, 0.25) is 0 Å². The van der Waals surface area contributed by atoms with Crippen LogP contribution in [-0.2, 0) is 4.79 Å². The van der Waals surface area contributed by atoms with Gasteiger partial charge >= 0.3 is 0 Å². The molecule has 0 aliphatic heterocycles. The van der Waals surface area contributed by atoms with Gasteiger partial charge in [-0.15, -0.1) is 11.8 Å². The van der Waals surface area contributed by atoms with Crippen molar-refractivity contribution in [2.75, 3.05) is 12.3 Å². The van der Waals surface area contributed by atoms with E-state index in [0.717, 1.165) is 4.90 Å². The molecule has 2 nitrogen and oxygen atoms in total. The Labute approximate surface area is 157 Å². The summed E-state index contributed by atoms with van der Waals surface area (Å²) >= 11 is 1.40. The Bertz CT molecular complexity index is 782. The molecule has 0 aromatic heterocycles. The van der Waals surface area contributed by atoms with Crippen LogP contribution in [0.25, 0.3) is 0 Å². The van der Waals surface area contributed by atoms with Crippen LogP contribution in [0.3, 0.4) is 0 Å². The van der Waals surface area contributed by atoms with Gasteiger partial charge in [0.05, 0.1) is 5.75 Å². The van der Waals surface area contributed by atoms with Crippen LogP contribution in [0.1, 0.15) is 17.0 Å². The number of rotatable bonds is 7. The number of hydrogen-bond acceptors (Lipinski definition) is 2. The van der Waals surface area contributed by atoms with E-state index in [1.54, 1.807) is 12.1 Å². The van der Waals surface area contributed by atoms with Gasteiger partial charge < -0.3 is 5.32 Å². The third kappa shape index (κ3) is 5.20. The molecule has 3 rings (SSSR count). The molecule has 0 saturated carbocycles. The van der Waals surface area contributed by atoms with E-state index < -0.39 is 0 Å². The highest BCUT2D eigenvalue weighted by molar-refractivity contribution is 8.00. The van der Waals surface area contributed by atoms with Crippen molar-refractivity contribution in [1.29, 1.82) is 0 Å². The summed E-state index contributed by atoms with van der Waals surface area (Å²) in [4.78, 5) is 13.1. The maximum absolute atomic E-state index is 12.9. The molecule has 3 aromatic rings. The Morgan fingerprint density at radius 1 is 0.846 bits per heavy atom. The van der Waals surface area contributed by atoms with Gasteiger partial charge in [-0.3, -0.25) is 4.79 Å². The highest BCUT2D eigenvalue weighted by Crippen LogP contribution is 2.24. The van der Waals surface area contributed by atoms with Crippen molar-refractivity contribution in [3.05, 3.63) is 102 Å². The zero-order valence-corrected chi connectivity index (χ0v) is 15.1. The minimum atomic E-state index is -0.271. The molecule has 0 aliphatic carbocycles. The van der Waals surface area contributed by atoms with E-state index in [2.05, 4.69) is 29.6 Å². The highest BCUT2D eigenvalue weighted by atomic mass is 32.2. The lowest BCUT2D eigenvalue weighted by atomic mass is 9.91. The predicted molar refractivity (Wildman–Crippen MR) is 105 cm³/mol. The number of benzene rings is 3. The molecule has 3 aromatic carbocycles. The number of carbonyl (C=O) groups is 1. The molecule has 0 heterocycles. The third-order valence-electron chi connectivity index (χ3n) is 4.09. The lowest BCUT2D eigenvalue weighted by Crippen LogP contribution is -2.30. The van der Waals surface area contributed by atoms with Crippen molar-refractivity contribution in [3.63, 3.8) is 0 Å². The number of amides is 1. The first-order chi connectivity index (χ1) is 12.7. The Kier molecular flexibility index (Phi) is 6.45. The fraction of sp³-hybridized carbons (Fsp3) is 0.136. The van der Waals surface area contributed by atoms with Crippen molar-refractivity contribution in [2.45, 2.75) is 10.8 Å². The summed E-state index contributed by atoms with van der Waals surface area (Å²) in [6.45, 7) is 0.539. The summed E-state index contributed by atoms with van der Waals surface area (Å²) < 4.78 is 12.9. The lowest BCUT2D eigenvalue weighted by molar-refractivity contribution is -0.118. The Morgan fingerprint density at radius 2 is 1.38 bits per heavy atom. The number of nitrogens with one attached hydrogen (secondary N) is 1. The van der Waals surface area contributed by atoms with E-state index in [9.17, 15) is 9.18 Å². The van der Waals surface area contributed by atoms with Gasteiger partial charge in [-0.2, -0.15) is 0 Å². The van der Waals surface area contributed by atoms with Gasteiger partial charge in [0.25, 0.3) is 0 Å². The number of hydrogen-bond donors (Lipinski definition) is 1. The van der Waals surface area contributed by atoms with E-state index in [1.165, 1.54) is 35.0 Å². The van der Waals surface area contributed by atoms with E-state index in [4.69, 9.17) is 0 Å². The van der Waals surface area contributed by atoms with Gasteiger partial charge in [-0.25, -0.2) is 4.39 Å². The number of thioether (sulfide) groups is 1. The molecular weight excluding hydrogens is 345 g/mol. The molecule has 0 fully saturated rings. The number of halogens is 1. The minimum absolute atomic E-state index is 0.0313. The van der Waals surface area contributed by atoms with Gasteiger partial charge in [0.15, 0.2) is 0 Å². The molecule has 26 heavy (non-hydrogen) atoms. The third-order valence-corrected chi connectivity index (χ3v) is 5.10. The summed E-state index contributed by atoms with van der Waals surface area (Å²) in [6.07, 6.45) is 0. The quantitative estimate of drug-likeness (QED) is 0.606. The van der Waals surface area contributed by atoms with Gasteiger partial charge in [0.2, 0.25) is 5.91 Å². The van der Waals surface area contributed by atoms with E-state index in [-0.39, 0.29) is 17.6 Å². The molecule has 0 atom stereocenters. The van der Waals surface area contributed by atoms with Crippen molar-refractivity contribution < 1.29 is 9.18 Å². The first-order valence-corrected chi connectivity index (χ1v) is 9.46. The second kappa shape index (κ2) is 9.20. The van der Waals surface area contributed by atoms with Gasteiger partial charge in [0.1, 0.15) is 5.82 Å². The second-order valence-electron chi connectivity index (χ2n) is 5.92. The topological polar surface area (TPSA) is 29.1 Å². The molecular formula is C22H20FNOS. The summed E-state index contributed by atoms with van der Waals surface area (Å²) in [5.41, 5.74) is 2.34. The molecule has 0 aliphatic rings. The smallest absolute Gasteiger partial charge is 0.230 e. The summed E-state index contributed by atoms with van der Waals surface area (Å²) in [7, 11) is 0. The largest absolute Gasteiger partial charge is 0.354 e. The molecule has 1 N–H and O–H groups in total. The Balaban J connectivity index is 1.60. The molecule has 0 saturated heterocycles. The molecule has 0 radical (unpaired) electrons. The number of carbonyl (C=O) groups excluding carboxylic acids is 1. The van der Waals surface area contributed by atoms with Crippen LogP contribution in [0, 0.1) is 5.82 Å². The normalized spacial score (nSPS) is 10.7. The predicted octanol–water partition coefficient (Wildman–Crippen LogP) is 4.87. The average Bonchev–Trinajstić information content (AvgIpc) is 2.69. The standard InChI is InChI=1S/C22H20FNOS/c23-19-11-13-20(14-12-19)26-16-22(25)24-15-21(17-7-3-1-4-8-17)18-9-5-2-6-10-18/h1-14,21H,15-16H2,(H,24,25). The van der Waals surface area contributed by atoms with E-state index >= 15 is 0 Å². The monoisotopic (exact) mass is 365 g/mol. The van der Waals surface area contributed by atoms with Crippen molar-refractivity contribution in [2.24, 2.45) is 0 Å². The first kappa shape index (κ1) is 18.2. The van der Waals surface area contributed by atoms with Crippen LogP contribution in [-0.4, -0.2) is 18.2 Å². The summed E-state index contributed by atoms with van der Waals surface area (Å²) in [5.74, 6) is 0.114. The molecule has 1 amide bonds. The molecule has 0 unspecified atom stereocenters. The van der Waals surface area contributed by atoms with E-state index in [0.29, 0.717) is 12.3 Å². The van der Waals surface area contributed by atoms with Crippen molar-refractivity contribution >= 4 is 17.7 Å². The second-order valence-corrected chi connectivity index (χ2v) is 6.97. The summed E-state index contributed by atoms with van der Waals surface area (Å²) in [6, 6.07) is 26.5. The fourth-order valence-electron chi connectivity index (χ4n) is 2.75. The molecule has 0 bridgehead atoms. The lowest BCUT2D eigenvalue weighted by Gasteiger charge is -2.19. The van der Waals surface area contributed by atoms with Gasteiger partial charge in [-0.05, 0) is 35.4 Å². The van der Waals surface area contributed by atoms with Crippen LogP contribution in [0.15, 0.2) is 89.8 Å². The summed E-state index contributed by atoms with van der Waals surface area (Å²) in [5, 5.41) is 3.03. The van der Waals surface area contributed by atoms with Gasteiger partial charge in [-0.1, -0.05) is 60.7 Å². The van der Waals surface area contributed by atoms with E-state index in [1.807, 2.05) is 36.4 Å². The maximum Gasteiger partial charge on any atom is 0.230 e. The van der Waals surface area contributed by atoms with Gasteiger partial charge in [0, 0.05) is 17.4 Å². The average molecular weight is 365 g/mol. The van der Waals surface area contributed by atoms with Crippen LogP contribution in [0.5, 0.6) is 0 Å². The zero-order valence-electron chi connectivity index (χ0n) is 14.3. The Hall–Kier alpha value is -2.59. The van der Waals surface area contributed by atoms with Crippen LogP contribution < -0.4 is 5.32 Å². The highest BCUT2D eigenvalue weighted by Gasteiger charge is 2.15. The molecule has 0 spiro atoms. The SMILES string of the molecule is O=C(CSc1ccc(F)cc1)NCC(c1ccccc1)c1ccccc1. The van der Waals surface area contributed by atoms with Crippen molar-refractivity contribution in [1.82, 2.24) is 5.32 Å². The molecule has 132 valence electrons.